The third-order valence-corrected chi connectivity index (χ3v) is 5.30. The molecule has 6 heteroatoms. The van der Waals surface area contributed by atoms with Gasteiger partial charge in [-0.25, -0.2) is 4.52 Å². The summed E-state index contributed by atoms with van der Waals surface area (Å²) >= 11 is 0. The molecule has 0 N–H and O–H groups in total. The summed E-state index contributed by atoms with van der Waals surface area (Å²) in [6.07, 6.45) is 3.99. The number of nitrogens with zero attached hydrogens (tertiary/aromatic N) is 4. The molecule has 0 amide bonds. The smallest absolute Gasteiger partial charge is 0.214 e. The molecular formula is C22H28N4O2. The van der Waals surface area contributed by atoms with Crippen LogP contribution in [0.25, 0.3) is 5.52 Å². The Labute approximate surface area is 166 Å². The summed E-state index contributed by atoms with van der Waals surface area (Å²) in [5.74, 6) is 1.77. The van der Waals surface area contributed by atoms with Gasteiger partial charge in [-0.15, -0.1) is 0 Å². The molecule has 0 radical (unpaired) electrons. The minimum atomic E-state index is 0.722. The molecule has 28 heavy (non-hydrogen) atoms. The number of pyridine rings is 1. The van der Waals surface area contributed by atoms with Crippen molar-refractivity contribution in [3.8, 4) is 11.6 Å². The summed E-state index contributed by atoms with van der Waals surface area (Å²) in [5.41, 5.74) is 2.26. The first-order chi connectivity index (χ1) is 13.8. The summed E-state index contributed by atoms with van der Waals surface area (Å²) in [6.45, 7) is 6.10. The van der Waals surface area contributed by atoms with Gasteiger partial charge >= 0.3 is 0 Å². The molecule has 4 rings (SSSR count). The molecule has 6 nitrogen and oxygen atoms in total. The molecule has 0 aliphatic carbocycles. The van der Waals surface area contributed by atoms with Crippen molar-refractivity contribution in [2.24, 2.45) is 0 Å². The van der Waals surface area contributed by atoms with E-state index in [1.165, 1.54) is 5.69 Å². The van der Waals surface area contributed by atoms with E-state index < -0.39 is 0 Å². The predicted molar refractivity (Wildman–Crippen MR) is 112 cm³/mol. The van der Waals surface area contributed by atoms with Crippen molar-refractivity contribution in [3.63, 3.8) is 0 Å². The van der Waals surface area contributed by atoms with Gasteiger partial charge in [0.05, 0.1) is 31.1 Å². The number of fused-ring (bicyclic) bond motifs is 1. The number of para-hydroxylation sites is 2. The van der Waals surface area contributed by atoms with Crippen molar-refractivity contribution in [2.45, 2.75) is 12.8 Å². The Bertz CT molecular complexity index is 887. The maximum atomic E-state index is 5.93. The molecule has 0 saturated carbocycles. The average Bonchev–Trinajstić information content (AvgIpc) is 3.24. The summed E-state index contributed by atoms with van der Waals surface area (Å²) in [4.78, 5) is 4.96. The van der Waals surface area contributed by atoms with E-state index in [1.54, 1.807) is 13.3 Å². The second kappa shape index (κ2) is 8.97. The van der Waals surface area contributed by atoms with Gasteiger partial charge in [-0.1, -0.05) is 18.2 Å². The van der Waals surface area contributed by atoms with Crippen LogP contribution in [0.1, 0.15) is 12.8 Å². The van der Waals surface area contributed by atoms with Crippen LogP contribution in [0.2, 0.25) is 0 Å². The zero-order valence-electron chi connectivity index (χ0n) is 16.5. The van der Waals surface area contributed by atoms with E-state index in [0.29, 0.717) is 0 Å². The Hall–Kier alpha value is -2.73. The Kier molecular flexibility index (Phi) is 5.97. The number of hydrogen-bond acceptors (Lipinski definition) is 5. The summed E-state index contributed by atoms with van der Waals surface area (Å²) in [5, 5.41) is 4.31. The van der Waals surface area contributed by atoms with Gasteiger partial charge < -0.3 is 14.4 Å². The van der Waals surface area contributed by atoms with Gasteiger partial charge in [-0.2, -0.15) is 5.10 Å². The Balaban J connectivity index is 1.17. The molecule has 3 heterocycles. The second-order valence-corrected chi connectivity index (χ2v) is 7.09. The minimum absolute atomic E-state index is 0.722. The zero-order valence-corrected chi connectivity index (χ0v) is 16.5. The topological polar surface area (TPSA) is 42.2 Å². The van der Waals surface area contributed by atoms with Crippen molar-refractivity contribution in [1.82, 2.24) is 14.5 Å². The molecule has 0 atom stereocenters. The standard InChI is InChI=1S/C22H28N4O2/c1-27-21-9-3-2-8-20(21)25-16-14-24(15-17-25)13-4-5-18-28-22-10-6-7-19-11-12-23-26(19)22/h2-3,6-12H,4-5,13-18H2,1H3. The predicted octanol–water partition coefficient (Wildman–Crippen LogP) is 3.32. The normalized spacial score (nSPS) is 15.1. The highest BCUT2D eigenvalue weighted by Gasteiger charge is 2.19. The first-order valence-corrected chi connectivity index (χ1v) is 10.0. The fourth-order valence-corrected chi connectivity index (χ4v) is 3.75. The third-order valence-electron chi connectivity index (χ3n) is 5.30. The fourth-order valence-electron chi connectivity index (χ4n) is 3.75. The van der Waals surface area contributed by atoms with Crippen LogP contribution >= 0.6 is 0 Å². The van der Waals surface area contributed by atoms with Gasteiger partial charge in [0.15, 0.2) is 0 Å². The zero-order chi connectivity index (χ0) is 19.2. The lowest BCUT2D eigenvalue weighted by Gasteiger charge is -2.36. The number of ether oxygens (including phenoxy) is 2. The molecular weight excluding hydrogens is 352 g/mol. The van der Waals surface area contributed by atoms with Gasteiger partial charge in [-0.05, 0) is 43.7 Å². The summed E-state index contributed by atoms with van der Waals surface area (Å²) in [6, 6.07) is 16.3. The quantitative estimate of drug-likeness (QED) is 0.561. The van der Waals surface area contributed by atoms with Crippen molar-refractivity contribution >= 4 is 11.2 Å². The van der Waals surface area contributed by atoms with Gasteiger partial charge in [0.25, 0.3) is 0 Å². The minimum Gasteiger partial charge on any atom is -0.495 e. The molecule has 1 fully saturated rings. The second-order valence-electron chi connectivity index (χ2n) is 7.09. The molecule has 1 aromatic carbocycles. The molecule has 148 valence electrons. The third kappa shape index (κ3) is 4.22. The van der Waals surface area contributed by atoms with E-state index in [-0.39, 0.29) is 0 Å². The number of benzene rings is 1. The van der Waals surface area contributed by atoms with Crippen molar-refractivity contribution in [2.75, 3.05) is 51.3 Å². The van der Waals surface area contributed by atoms with Crippen molar-refractivity contribution in [3.05, 3.63) is 54.7 Å². The molecule has 3 aromatic rings. The van der Waals surface area contributed by atoms with E-state index in [4.69, 9.17) is 9.47 Å². The van der Waals surface area contributed by atoms with E-state index in [2.05, 4.69) is 27.0 Å². The molecule has 0 spiro atoms. The number of rotatable bonds is 8. The van der Waals surface area contributed by atoms with Crippen LogP contribution in [-0.2, 0) is 0 Å². The fraction of sp³-hybridized carbons (Fsp3) is 0.409. The lowest BCUT2D eigenvalue weighted by atomic mass is 10.2. The van der Waals surface area contributed by atoms with Crippen molar-refractivity contribution < 1.29 is 9.47 Å². The number of unbranched alkanes of at least 4 members (excludes halogenated alkanes) is 1. The van der Waals surface area contributed by atoms with E-state index in [9.17, 15) is 0 Å². The maximum Gasteiger partial charge on any atom is 0.214 e. The van der Waals surface area contributed by atoms with E-state index in [1.807, 2.05) is 40.9 Å². The number of piperazine rings is 1. The first kappa shape index (κ1) is 18.6. The van der Waals surface area contributed by atoms with Gasteiger partial charge in [-0.3, -0.25) is 4.90 Å². The van der Waals surface area contributed by atoms with Crippen LogP contribution in [0.5, 0.6) is 11.6 Å². The van der Waals surface area contributed by atoms with Crippen LogP contribution in [0.4, 0.5) is 5.69 Å². The first-order valence-electron chi connectivity index (χ1n) is 10.0. The average molecular weight is 380 g/mol. The monoisotopic (exact) mass is 380 g/mol. The van der Waals surface area contributed by atoms with Gasteiger partial charge in [0.2, 0.25) is 5.88 Å². The summed E-state index contributed by atoms with van der Waals surface area (Å²) in [7, 11) is 1.74. The lowest BCUT2D eigenvalue weighted by Crippen LogP contribution is -2.46. The van der Waals surface area contributed by atoms with Gasteiger partial charge in [0.1, 0.15) is 5.75 Å². The van der Waals surface area contributed by atoms with Gasteiger partial charge in [0, 0.05) is 32.2 Å². The molecule has 1 aliphatic rings. The van der Waals surface area contributed by atoms with E-state index >= 15 is 0 Å². The highest BCUT2D eigenvalue weighted by molar-refractivity contribution is 5.58. The molecule has 0 bridgehead atoms. The molecule has 2 aromatic heterocycles. The Morgan fingerprint density at radius 2 is 1.79 bits per heavy atom. The van der Waals surface area contributed by atoms with Crippen LogP contribution in [0.3, 0.4) is 0 Å². The van der Waals surface area contributed by atoms with Crippen LogP contribution < -0.4 is 14.4 Å². The van der Waals surface area contributed by atoms with Crippen LogP contribution in [0, 0.1) is 0 Å². The summed E-state index contributed by atoms with van der Waals surface area (Å²) < 4.78 is 13.3. The number of hydrogen-bond donors (Lipinski definition) is 0. The maximum absolute atomic E-state index is 5.93. The highest BCUT2D eigenvalue weighted by atomic mass is 16.5. The SMILES string of the molecule is COc1ccccc1N1CCN(CCCCOc2cccc3ccnn23)CC1. The van der Waals surface area contributed by atoms with Crippen LogP contribution in [0.15, 0.2) is 54.7 Å². The molecule has 0 unspecified atom stereocenters. The largest absolute Gasteiger partial charge is 0.495 e. The highest BCUT2D eigenvalue weighted by Crippen LogP contribution is 2.28. The Morgan fingerprint density at radius 3 is 2.64 bits per heavy atom. The number of methoxy groups -OCH3 is 1. The molecule has 1 aliphatic heterocycles. The van der Waals surface area contributed by atoms with Crippen molar-refractivity contribution in [1.29, 1.82) is 0 Å². The Morgan fingerprint density at radius 1 is 0.929 bits per heavy atom. The van der Waals surface area contributed by atoms with Crippen LogP contribution in [-0.4, -0.2) is 61.0 Å². The lowest BCUT2D eigenvalue weighted by molar-refractivity contribution is 0.234. The number of aromatic nitrogens is 2. The van der Waals surface area contributed by atoms with E-state index in [0.717, 1.165) is 69.3 Å². The number of anilines is 1. The molecule has 1 saturated heterocycles.